The number of nitrogens with one attached hydrogen (secondary N) is 2. The highest BCUT2D eigenvalue weighted by atomic mass is 35.5. The average Bonchev–Trinajstić information content (AvgIpc) is 3.77. The zero-order valence-electron chi connectivity index (χ0n) is 23.2. The summed E-state index contributed by atoms with van der Waals surface area (Å²) in [5.74, 6) is -0.141. The van der Waals surface area contributed by atoms with Crippen LogP contribution < -0.4 is 10.1 Å². The summed E-state index contributed by atoms with van der Waals surface area (Å²) < 4.78 is 5.94. The molecule has 0 radical (unpaired) electrons. The number of benzene rings is 2. The normalized spacial score (nSPS) is 24.1. The number of aliphatic hydroxyl groups is 1. The zero-order chi connectivity index (χ0) is 29.4. The monoisotopic (exact) mass is 591 g/mol. The number of hydrogen-bond donors (Lipinski definition) is 3. The Morgan fingerprint density at radius 2 is 1.88 bits per heavy atom. The summed E-state index contributed by atoms with van der Waals surface area (Å²) in [5, 5.41) is 13.5. The SMILES string of the molecule is O=C1CCC[C@H]1C[C@H](NC(=O)[C@@H]1[C@H]2CCC[C@H]2CN1C(=O)c1cc2c(Cl)cc(Oc3ccccc3)cc2[nH]1)C(=O)CO. The van der Waals surface area contributed by atoms with Crippen LogP contribution in [0.3, 0.4) is 0 Å². The third-order valence-corrected chi connectivity index (χ3v) is 9.42. The maximum absolute atomic E-state index is 13.9. The van der Waals surface area contributed by atoms with Gasteiger partial charge in [0.15, 0.2) is 5.78 Å². The van der Waals surface area contributed by atoms with Gasteiger partial charge in [-0.1, -0.05) is 36.2 Å². The first-order chi connectivity index (χ1) is 20.3. The molecule has 2 aromatic carbocycles. The first-order valence-corrected chi connectivity index (χ1v) is 15.0. The first kappa shape index (κ1) is 28.4. The van der Waals surface area contributed by atoms with Crippen molar-refractivity contribution in [3.05, 3.63) is 59.2 Å². The molecule has 2 amide bonds. The Balaban J connectivity index is 1.24. The van der Waals surface area contributed by atoms with Gasteiger partial charge in [0.2, 0.25) is 5.91 Å². The van der Waals surface area contributed by atoms with E-state index in [1.807, 2.05) is 30.3 Å². The number of likely N-dealkylation sites (tertiary alicyclic amines) is 1. The fourth-order valence-electron chi connectivity index (χ4n) is 7.03. The van der Waals surface area contributed by atoms with Crippen molar-refractivity contribution in [2.24, 2.45) is 17.8 Å². The lowest BCUT2D eigenvalue weighted by atomic mass is 9.91. The Kier molecular flexibility index (Phi) is 8.05. The molecule has 5 atom stereocenters. The van der Waals surface area contributed by atoms with E-state index in [-0.39, 0.29) is 35.9 Å². The van der Waals surface area contributed by atoms with E-state index >= 15 is 0 Å². The maximum Gasteiger partial charge on any atom is 0.271 e. The number of H-pyrrole nitrogens is 1. The highest BCUT2D eigenvalue weighted by molar-refractivity contribution is 6.35. The van der Waals surface area contributed by atoms with Gasteiger partial charge in [-0.2, -0.15) is 0 Å². The van der Waals surface area contributed by atoms with E-state index < -0.39 is 30.4 Å². The molecule has 2 aliphatic carbocycles. The number of nitrogens with zero attached hydrogens (tertiary/aromatic N) is 1. The molecular weight excluding hydrogens is 558 g/mol. The van der Waals surface area contributed by atoms with Crippen molar-refractivity contribution in [2.45, 2.75) is 57.0 Å². The Hall–Kier alpha value is -3.69. The second-order valence-corrected chi connectivity index (χ2v) is 12.1. The predicted molar refractivity (Wildman–Crippen MR) is 156 cm³/mol. The zero-order valence-corrected chi connectivity index (χ0v) is 23.9. The number of para-hydroxylation sites is 1. The number of carbonyl (C=O) groups excluding carboxylic acids is 4. The molecule has 42 heavy (non-hydrogen) atoms. The standard InChI is InChI=1S/C32H34ClN3O6/c33-24-13-21(42-20-8-2-1-3-9-20)14-25-23(24)15-27(34-25)32(41)36-16-19-7-4-10-22(19)30(36)31(40)35-26(29(39)17-37)12-18-6-5-11-28(18)38/h1-3,8-9,13-15,18-19,22,26,30,34,37H,4-7,10-12,16-17H2,(H,35,40)/t18-,19-,22-,26-,30-/m0/s1. The number of halogens is 1. The molecule has 1 saturated heterocycles. The van der Waals surface area contributed by atoms with Crippen LogP contribution in [0.25, 0.3) is 10.9 Å². The second kappa shape index (κ2) is 11.9. The van der Waals surface area contributed by atoms with Gasteiger partial charge in [0.25, 0.3) is 5.91 Å². The molecule has 3 fully saturated rings. The van der Waals surface area contributed by atoms with E-state index in [4.69, 9.17) is 16.3 Å². The van der Waals surface area contributed by atoms with Crippen LogP contribution in [0.5, 0.6) is 11.5 Å². The van der Waals surface area contributed by atoms with Crippen LogP contribution in [0.1, 0.15) is 55.4 Å². The van der Waals surface area contributed by atoms with Crippen molar-refractivity contribution in [1.29, 1.82) is 0 Å². The van der Waals surface area contributed by atoms with Gasteiger partial charge in [0.1, 0.15) is 35.6 Å². The quantitative estimate of drug-likeness (QED) is 0.332. The lowest BCUT2D eigenvalue weighted by molar-refractivity contribution is -0.133. The van der Waals surface area contributed by atoms with Gasteiger partial charge in [0, 0.05) is 36.4 Å². The molecular formula is C32H34ClN3O6. The number of hydrogen-bond acceptors (Lipinski definition) is 6. The fourth-order valence-corrected chi connectivity index (χ4v) is 7.30. The number of aromatic amines is 1. The largest absolute Gasteiger partial charge is 0.457 e. The molecule has 2 saturated carbocycles. The molecule has 1 aliphatic heterocycles. The van der Waals surface area contributed by atoms with Crippen molar-refractivity contribution in [1.82, 2.24) is 15.2 Å². The van der Waals surface area contributed by atoms with Crippen molar-refractivity contribution >= 4 is 45.9 Å². The lowest BCUT2D eigenvalue weighted by Crippen LogP contribution is -2.53. The van der Waals surface area contributed by atoms with Crippen molar-refractivity contribution in [3.8, 4) is 11.5 Å². The summed E-state index contributed by atoms with van der Waals surface area (Å²) >= 11 is 6.58. The Bertz CT molecular complexity index is 1520. The molecule has 3 N–H and O–H groups in total. The number of ketones is 2. The van der Waals surface area contributed by atoms with Crippen LogP contribution >= 0.6 is 11.6 Å². The van der Waals surface area contributed by atoms with Crippen LogP contribution in [-0.4, -0.2) is 63.6 Å². The van der Waals surface area contributed by atoms with Gasteiger partial charge in [0.05, 0.1) is 16.6 Å². The molecule has 10 heteroatoms. The smallest absolute Gasteiger partial charge is 0.271 e. The highest BCUT2D eigenvalue weighted by Crippen LogP contribution is 2.43. The van der Waals surface area contributed by atoms with Crippen molar-refractivity contribution in [3.63, 3.8) is 0 Å². The van der Waals surface area contributed by atoms with Gasteiger partial charge in [-0.15, -0.1) is 0 Å². The second-order valence-electron chi connectivity index (χ2n) is 11.7. The van der Waals surface area contributed by atoms with E-state index in [1.165, 1.54) is 0 Å². The number of rotatable bonds is 9. The molecule has 220 valence electrons. The molecule has 2 heterocycles. The van der Waals surface area contributed by atoms with Gasteiger partial charge in [-0.3, -0.25) is 19.2 Å². The lowest BCUT2D eigenvalue weighted by Gasteiger charge is -2.29. The van der Waals surface area contributed by atoms with Crippen molar-refractivity contribution in [2.75, 3.05) is 13.2 Å². The van der Waals surface area contributed by atoms with Crippen LogP contribution in [-0.2, 0) is 14.4 Å². The summed E-state index contributed by atoms with van der Waals surface area (Å²) in [7, 11) is 0. The van der Waals surface area contributed by atoms with Crippen LogP contribution in [0, 0.1) is 17.8 Å². The topological polar surface area (TPSA) is 129 Å². The molecule has 0 unspecified atom stereocenters. The number of Topliss-reactive ketones (excluding diaryl/α,β-unsaturated/α-hetero) is 2. The summed E-state index contributed by atoms with van der Waals surface area (Å²) in [4.78, 5) is 57.4. The summed E-state index contributed by atoms with van der Waals surface area (Å²) in [6, 6.07) is 12.8. The minimum atomic E-state index is -0.970. The molecule has 6 rings (SSSR count). The number of fused-ring (bicyclic) bond motifs is 2. The maximum atomic E-state index is 13.9. The Morgan fingerprint density at radius 1 is 1.07 bits per heavy atom. The minimum Gasteiger partial charge on any atom is -0.457 e. The van der Waals surface area contributed by atoms with E-state index in [9.17, 15) is 24.3 Å². The molecule has 1 aromatic heterocycles. The molecule has 0 bridgehead atoms. The van der Waals surface area contributed by atoms with Gasteiger partial charge in [-0.05, 0) is 62.1 Å². The summed E-state index contributed by atoms with van der Waals surface area (Å²) in [6.07, 6.45) is 4.79. The highest BCUT2D eigenvalue weighted by Gasteiger charge is 2.50. The number of aromatic nitrogens is 1. The number of amides is 2. The average molecular weight is 592 g/mol. The van der Waals surface area contributed by atoms with Gasteiger partial charge in [-0.25, -0.2) is 0 Å². The molecule has 3 aromatic rings. The minimum absolute atomic E-state index is 0.0224. The predicted octanol–water partition coefficient (Wildman–Crippen LogP) is 4.66. The van der Waals surface area contributed by atoms with Crippen LogP contribution in [0.4, 0.5) is 0 Å². The van der Waals surface area contributed by atoms with E-state index in [0.29, 0.717) is 52.5 Å². The van der Waals surface area contributed by atoms with Crippen LogP contribution in [0.15, 0.2) is 48.5 Å². The van der Waals surface area contributed by atoms with E-state index in [1.54, 1.807) is 23.1 Å². The van der Waals surface area contributed by atoms with E-state index in [0.717, 1.165) is 25.7 Å². The Labute approximate surface area is 248 Å². The number of carbonyl (C=O) groups is 4. The number of ether oxygens (including phenoxy) is 1. The van der Waals surface area contributed by atoms with E-state index in [2.05, 4.69) is 10.3 Å². The van der Waals surface area contributed by atoms with Gasteiger partial charge >= 0.3 is 0 Å². The first-order valence-electron chi connectivity index (χ1n) is 14.6. The fraction of sp³-hybridized carbons (Fsp3) is 0.438. The Morgan fingerprint density at radius 3 is 2.62 bits per heavy atom. The van der Waals surface area contributed by atoms with Gasteiger partial charge < -0.3 is 25.0 Å². The molecule has 0 spiro atoms. The molecule has 3 aliphatic rings. The third kappa shape index (κ3) is 5.55. The summed E-state index contributed by atoms with van der Waals surface area (Å²) in [6.45, 7) is -0.288. The number of aliphatic hydroxyl groups excluding tert-OH is 1. The molecule has 9 nitrogen and oxygen atoms in total. The van der Waals surface area contributed by atoms with Crippen molar-refractivity contribution < 1.29 is 29.0 Å². The van der Waals surface area contributed by atoms with Crippen LogP contribution in [0.2, 0.25) is 5.02 Å². The third-order valence-electron chi connectivity index (χ3n) is 9.10. The summed E-state index contributed by atoms with van der Waals surface area (Å²) in [5.41, 5.74) is 0.938.